The van der Waals surface area contributed by atoms with E-state index in [9.17, 15) is 0 Å². The molecule has 1 aliphatic carbocycles. The fourth-order valence-electron chi connectivity index (χ4n) is 8.33. The topological polar surface area (TPSA) is 25.8 Å². The van der Waals surface area contributed by atoms with Gasteiger partial charge in [0.1, 0.15) is 0 Å². The lowest BCUT2D eigenvalue weighted by molar-refractivity contribution is 0.662. The monoisotopic (exact) mass is 598 g/mol. The van der Waals surface area contributed by atoms with Crippen LogP contribution in [0.2, 0.25) is 0 Å². The summed E-state index contributed by atoms with van der Waals surface area (Å²) in [5.74, 6) is 0. The molecule has 10 rings (SSSR count). The van der Waals surface area contributed by atoms with Crippen LogP contribution in [-0.2, 0) is 5.41 Å². The van der Waals surface area contributed by atoms with Crippen LogP contribution < -0.4 is 0 Å². The molecule has 47 heavy (non-hydrogen) atoms. The van der Waals surface area contributed by atoms with Crippen molar-refractivity contribution in [2.45, 2.75) is 19.3 Å². The van der Waals surface area contributed by atoms with E-state index in [0.29, 0.717) is 0 Å². The normalized spacial score (nSPS) is 13.5. The molecule has 0 spiro atoms. The molecule has 0 N–H and O–H groups in total. The molecule has 7 aromatic carbocycles. The second-order valence-electron chi connectivity index (χ2n) is 13.4. The molecule has 2 nitrogen and oxygen atoms in total. The largest absolute Gasteiger partial charge is 0.264 e. The number of hydrogen-bond donors (Lipinski definition) is 0. The summed E-state index contributed by atoms with van der Waals surface area (Å²) in [5, 5.41) is 8.92. The van der Waals surface area contributed by atoms with Crippen molar-refractivity contribution in [3.05, 3.63) is 157 Å². The average molecular weight is 599 g/mol. The predicted octanol–water partition coefficient (Wildman–Crippen LogP) is 11.8. The lowest BCUT2D eigenvalue weighted by atomic mass is 9.78. The molecule has 0 bridgehead atoms. The molecule has 0 fully saturated rings. The van der Waals surface area contributed by atoms with Crippen LogP contribution in [0.1, 0.15) is 25.0 Å². The Kier molecular flexibility index (Phi) is 5.37. The summed E-state index contributed by atoms with van der Waals surface area (Å²) >= 11 is 0. The summed E-state index contributed by atoms with van der Waals surface area (Å²) in [6.07, 6.45) is 3.79. The van der Waals surface area contributed by atoms with E-state index in [4.69, 9.17) is 4.98 Å². The Labute approximate surface area is 273 Å². The van der Waals surface area contributed by atoms with Gasteiger partial charge in [-0.05, 0) is 83.4 Å². The van der Waals surface area contributed by atoms with Crippen molar-refractivity contribution in [2.24, 2.45) is 0 Å². The predicted molar refractivity (Wildman–Crippen MR) is 197 cm³/mol. The molecule has 0 radical (unpaired) electrons. The third-order valence-corrected chi connectivity index (χ3v) is 10.5. The Morgan fingerprint density at radius 3 is 1.85 bits per heavy atom. The van der Waals surface area contributed by atoms with Gasteiger partial charge >= 0.3 is 0 Å². The number of pyridine rings is 2. The fourth-order valence-corrected chi connectivity index (χ4v) is 8.33. The third kappa shape index (κ3) is 3.67. The second kappa shape index (κ2) is 9.57. The Balaban J connectivity index is 1.17. The first-order valence-corrected chi connectivity index (χ1v) is 16.3. The smallest absolute Gasteiger partial charge is 0.0759 e. The van der Waals surface area contributed by atoms with E-state index in [2.05, 4.69) is 146 Å². The Morgan fingerprint density at radius 2 is 1.13 bits per heavy atom. The van der Waals surface area contributed by atoms with Crippen molar-refractivity contribution in [3.63, 3.8) is 0 Å². The van der Waals surface area contributed by atoms with Gasteiger partial charge in [0.25, 0.3) is 0 Å². The summed E-state index contributed by atoms with van der Waals surface area (Å²) in [7, 11) is 0. The van der Waals surface area contributed by atoms with Gasteiger partial charge in [-0.25, -0.2) is 4.98 Å². The van der Waals surface area contributed by atoms with E-state index in [-0.39, 0.29) is 5.41 Å². The minimum absolute atomic E-state index is 0.155. The van der Waals surface area contributed by atoms with Crippen LogP contribution in [0.4, 0.5) is 0 Å². The van der Waals surface area contributed by atoms with Crippen LogP contribution in [-0.4, -0.2) is 9.97 Å². The highest BCUT2D eigenvalue weighted by molar-refractivity contribution is 6.27. The van der Waals surface area contributed by atoms with Gasteiger partial charge in [-0.2, -0.15) is 0 Å². The number of rotatable bonds is 3. The highest BCUT2D eigenvalue weighted by Crippen LogP contribution is 2.53. The van der Waals surface area contributed by atoms with Crippen molar-refractivity contribution in [1.82, 2.24) is 9.97 Å². The van der Waals surface area contributed by atoms with Gasteiger partial charge in [0.05, 0.1) is 11.2 Å². The maximum atomic E-state index is 5.24. The molecular formula is C45H30N2. The standard InChI is InChI=1S/C45H30N2/c1-45(2)38-11-5-3-9-36(38)44-43(45)42(37-10-4-6-12-39(37)47-44)30-15-13-27(14-16-30)32-21-17-28-20-24-35-33(31-8-7-25-46-26-31)22-18-29-19-23-34(32)40(28)41(29)35/h3-26H,1-2H3. The zero-order valence-corrected chi connectivity index (χ0v) is 26.3. The van der Waals surface area contributed by atoms with Crippen molar-refractivity contribution in [1.29, 1.82) is 0 Å². The van der Waals surface area contributed by atoms with Gasteiger partial charge in [-0.1, -0.05) is 135 Å². The van der Waals surface area contributed by atoms with E-state index in [1.165, 1.54) is 82.2 Å². The second-order valence-corrected chi connectivity index (χ2v) is 13.4. The molecule has 9 aromatic rings. The Hall–Kier alpha value is -5.86. The molecule has 2 aromatic heterocycles. The van der Waals surface area contributed by atoms with Gasteiger partial charge in [-0.15, -0.1) is 0 Å². The molecule has 1 aliphatic rings. The quantitative estimate of drug-likeness (QED) is 0.189. The van der Waals surface area contributed by atoms with Gasteiger partial charge in [0.15, 0.2) is 0 Å². The maximum absolute atomic E-state index is 5.24. The van der Waals surface area contributed by atoms with Crippen LogP contribution >= 0.6 is 0 Å². The molecule has 0 amide bonds. The average Bonchev–Trinajstić information content (AvgIpc) is 3.35. The Bertz CT molecular complexity index is 2680. The molecule has 0 aliphatic heterocycles. The van der Waals surface area contributed by atoms with Gasteiger partial charge in [0, 0.05) is 34.3 Å². The minimum atomic E-state index is -0.155. The van der Waals surface area contributed by atoms with E-state index in [1.807, 2.05) is 18.5 Å². The zero-order valence-electron chi connectivity index (χ0n) is 26.3. The van der Waals surface area contributed by atoms with Crippen molar-refractivity contribution in [2.75, 3.05) is 0 Å². The van der Waals surface area contributed by atoms with Gasteiger partial charge in [-0.3, -0.25) is 4.98 Å². The van der Waals surface area contributed by atoms with E-state index in [0.717, 1.165) is 16.8 Å². The fraction of sp³-hybridized carbons (Fsp3) is 0.0667. The SMILES string of the molecule is CC1(C)c2ccccc2-c2nc3ccccc3c(-c3ccc(-c4ccc5ccc6c(-c7cccnc7)ccc7ccc4c5c76)cc3)c21. The van der Waals surface area contributed by atoms with Gasteiger partial charge in [0.2, 0.25) is 0 Å². The number of nitrogens with zero attached hydrogens (tertiary/aromatic N) is 2. The first-order chi connectivity index (χ1) is 23.1. The van der Waals surface area contributed by atoms with Crippen molar-refractivity contribution < 1.29 is 0 Å². The molecule has 2 heterocycles. The summed E-state index contributed by atoms with van der Waals surface area (Å²) in [4.78, 5) is 9.64. The molecule has 0 saturated carbocycles. The van der Waals surface area contributed by atoms with Crippen LogP contribution in [0.5, 0.6) is 0 Å². The summed E-state index contributed by atoms with van der Waals surface area (Å²) in [5.41, 5.74) is 13.2. The van der Waals surface area contributed by atoms with E-state index in [1.54, 1.807) is 0 Å². The first-order valence-electron chi connectivity index (χ1n) is 16.3. The number of para-hydroxylation sites is 1. The molecule has 220 valence electrons. The lowest BCUT2D eigenvalue weighted by Crippen LogP contribution is -2.16. The molecule has 0 unspecified atom stereocenters. The zero-order chi connectivity index (χ0) is 31.3. The Morgan fingerprint density at radius 1 is 0.489 bits per heavy atom. The number of aromatic nitrogens is 2. The minimum Gasteiger partial charge on any atom is -0.264 e. The molecule has 2 heteroatoms. The molecular weight excluding hydrogens is 569 g/mol. The summed E-state index contributed by atoms with van der Waals surface area (Å²) < 4.78 is 0. The summed E-state index contributed by atoms with van der Waals surface area (Å²) in [6.45, 7) is 4.69. The highest BCUT2D eigenvalue weighted by atomic mass is 14.7. The van der Waals surface area contributed by atoms with Crippen LogP contribution in [0.25, 0.3) is 87.9 Å². The van der Waals surface area contributed by atoms with E-state index < -0.39 is 0 Å². The number of fused-ring (bicyclic) bond motifs is 4. The van der Waals surface area contributed by atoms with Crippen molar-refractivity contribution >= 4 is 43.2 Å². The number of hydrogen-bond acceptors (Lipinski definition) is 2. The number of benzene rings is 7. The molecule has 0 atom stereocenters. The maximum Gasteiger partial charge on any atom is 0.0759 e. The van der Waals surface area contributed by atoms with Crippen molar-refractivity contribution in [3.8, 4) is 44.6 Å². The van der Waals surface area contributed by atoms with Crippen LogP contribution in [0, 0.1) is 0 Å². The van der Waals surface area contributed by atoms with E-state index >= 15 is 0 Å². The third-order valence-electron chi connectivity index (χ3n) is 10.5. The molecule has 0 saturated heterocycles. The highest BCUT2D eigenvalue weighted by Gasteiger charge is 2.39. The van der Waals surface area contributed by atoms with Gasteiger partial charge < -0.3 is 0 Å². The first kappa shape index (κ1) is 26.4. The lowest BCUT2D eigenvalue weighted by Gasteiger charge is -2.25. The summed E-state index contributed by atoms with van der Waals surface area (Å²) in [6, 6.07) is 49.0. The van der Waals surface area contributed by atoms with Crippen LogP contribution in [0.3, 0.4) is 0 Å². The van der Waals surface area contributed by atoms with Crippen LogP contribution in [0.15, 0.2) is 146 Å².